The Labute approximate surface area is 204 Å². The number of carboxylic acid groups (broad SMARTS) is 1. The largest absolute Gasteiger partial charge is 0.491 e. The molecule has 3 aromatic carbocycles. The van der Waals surface area contributed by atoms with Crippen molar-refractivity contribution in [3.63, 3.8) is 0 Å². The number of carboxylic acids is 1. The van der Waals surface area contributed by atoms with Crippen LogP contribution in [0.15, 0.2) is 90.6 Å². The van der Waals surface area contributed by atoms with Gasteiger partial charge >= 0.3 is 5.97 Å². The Balaban J connectivity index is 1.85. The molecule has 7 nitrogen and oxygen atoms in total. The summed E-state index contributed by atoms with van der Waals surface area (Å²) in [6.07, 6.45) is 1.61. The Kier molecular flexibility index (Phi) is 8.78. The molecule has 1 atom stereocenters. The summed E-state index contributed by atoms with van der Waals surface area (Å²) < 4.78 is 5.64. The zero-order chi connectivity index (χ0) is 25.2. The first kappa shape index (κ1) is 25.2. The Morgan fingerprint density at radius 2 is 1.49 bits per heavy atom. The second kappa shape index (κ2) is 12.2. The Hall–Kier alpha value is -4.39. The normalized spacial score (nSPS) is 12.0. The monoisotopic (exact) mass is 472 g/mol. The zero-order valence-electron chi connectivity index (χ0n) is 19.6. The maximum absolute atomic E-state index is 13.1. The number of hydrogen-bond donors (Lipinski definition) is 3. The molecule has 0 heterocycles. The molecule has 0 aliphatic heterocycles. The van der Waals surface area contributed by atoms with Crippen molar-refractivity contribution in [2.24, 2.45) is 0 Å². The summed E-state index contributed by atoms with van der Waals surface area (Å²) in [5, 5.41) is 14.8. The molecule has 0 radical (unpaired) electrons. The minimum absolute atomic E-state index is 0.0143. The molecule has 0 unspecified atom stereocenters. The highest BCUT2D eigenvalue weighted by molar-refractivity contribution is 6.06. The molecule has 180 valence electrons. The number of aliphatic carboxylic acids is 1. The molecule has 0 spiro atoms. The van der Waals surface area contributed by atoms with Gasteiger partial charge < -0.3 is 20.5 Å². The van der Waals surface area contributed by atoms with Gasteiger partial charge in [0.1, 0.15) is 17.5 Å². The van der Waals surface area contributed by atoms with Crippen LogP contribution < -0.4 is 15.4 Å². The predicted molar refractivity (Wildman–Crippen MR) is 134 cm³/mol. The van der Waals surface area contributed by atoms with E-state index >= 15 is 0 Å². The topological polar surface area (TPSA) is 105 Å². The maximum Gasteiger partial charge on any atom is 0.326 e. The van der Waals surface area contributed by atoms with E-state index in [1.54, 1.807) is 78.9 Å². The standard InChI is InChI=1S/C28H28N2O5/c1-19(2)35-23-15-13-21(14-16-23)17-24(29-26(31)22-11-7-4-8-12-22)27(32)30-25(28(33)34)18-20-9-5-3-6-10-20/h3-17,19,25H,18H2,1-2H3,(H,29,31)(H,30,32)(H,33,34)/b24-17+/t25-/m0/s1. The molecule has 3 N–H and O–H groups in total. The molecule has 3 aromatic rings. The van der Waals surface area contributed by atoms with E-state index in [0.29, 0.717) is 16.9 Å². The molecule has 0 saturated heterocycles. The van der Waals surface area contributed by atoms with Crippen LogP contribution in [0.4, 0.5) is 0 Å². The molecule has 2 amide bonds. The van der Waals surface area contributed by atoms with Gasteiger partial charge in [-0.05, 0) is 55.3 Å². The van der Waals surface area contributed by atoms with Crippen LogP contribution in [-0.4, -0.2) is 35.0 Å². The van der Waals surface area contributed by atoms with Crippen LogP contribution in [-0.2, 0) is 16.0 Å². The van der Waals surface area contributed by atoms with Crippen molar-refractivity contribution in [3.05, 3.63) is 107 Å². The average molecular weight is 473 g/mol. The first-order chi connectivity index (χ1) is 16.8. The number of carbonyl (C=O) groups is 3. The lowest BCUT2D eigenvalue weighted by Gasteiger charge is -2.17. The summed E-state index contributed by atoms with van der Waals surface area (Å²) in [6, 6.07) is 23.3. The zero-order valence-corrected chi connectivity index (χ0v) is 19.6. The second-order valence-corrected chi connectivity index (χ2v) is 8.17. The fourth-order valence-corrected chi connectivity index (χ4v) is 3.31. The molecular formula is C28H28N2O5. The molecule has 7 heteroatoms. The van der Waals surface area contributed by atoms with Crippen LogP contribution in [0.3, 0.4) is 0 Å². The van der Waals surface area contributed by atoms with Gasteiger partial charge in [-0.25, -0.2) is 4.79 Å². The van der Waals surface area contributed by atoms with E-state index in [4.69, 9.17) is 4.74 Å². The summed E-state index contributed by atoms with van der Waals surface area (Å²) in [7, 11) is 0. The number of nitrogens with one attached hydrogen (secondary N) is 2. The van der Waals surface area contributed by atoms with E-state index in [1.165, 1.54) is 6.08 Å². The Bertz CT molecular complexity index is 1170. The average Bonchev–Trinajstić information content (AvgIpc) is 2.85. The van der Waals surface area contributed by atoms with Crippen molar-refractivity contribution in [1.29, 1.82) is 0 Å². The van der Waals surface area contributed by atoms with Crippen LogP contribution in [0.25, 0.3) is 6.08 Å². The van der Waals surface area contributed by atoms with Crippen LogP contribution in [0.2, 0.25) is 0 Å². The smallest absolute Gasteiger partial charge is 0.326 e. The third-order valence-electron chi connectivity index (χ3n) is 4.98. The van der Waals surface area contributed by atoms with E-state index in [0.717, 1.165) is 5.56 Å². The van der Waals surface area contributed by atoms with Gasteiger partial charge in [0.05, 0.1) is 6.10 Å². The van der Waals surface area contributed by atoms with Crippen molar-refractivity contribution in [2.45, 2.75) is 32.4 Å². The quantitative estimate of drug-likeness (QED) is 0.386. The van der Waals surface area contributed by atoms with E-state index in [9.17, 15) is 19.5 Å². The van der Waals surface area contributed by atoms with Crippen molar-refractivity contribution in [3.8, 4) is 5.75 Å². The van der Waals surface area contributed by atoms with Crippen molar-refractivity contribution < 1.29 is 24.2 Å². The summed E-state index contributed by atoms with van der Waals surface area (Å²) in [6.45, 7) is 3.84. The minimum atomic E-state index is -1.18. The minimum Gasteiger partial charge on any atom is -0.491 e. The third kappa shape index (κ3) is 7.85. The number of hydrogen-bond acceptors (Lipinski definition) is 4. The van der Waals surface area contributed by atoms with Crippen molar-refractivity contribution in [1.82, 2.24) is 10.6 Å². The molecule has 0 bridgehead atoms. The van der Waals surface area contributed by atoms with E-state index < -0.39 is 23.8 Å². The van der Waals surface area contributed by atoms with Gasteiger partial charge in [-0.3, -0.25) is 9.59 Å². The predicted octanol–water partition coefficient (Wildman–Crippen LogP) is 4.06. The van der Waals surface area contributed by atoms with Gasteiger partial charge in [0.2, 0.25) is 0 Å². The third-order valence-corrected chi connectivity index (χ3v) is 4.98. The lowest BCUT2D eigenvalue weighted by molar-refractivity contribution is -0.141. The van der Waals surface area contributed by atoms with E-state index in [2.05, 4.69) is 10.6 Å². The number of carbonyl (C=O) groups excluding carboxylic acids is 2. The van der Waals surface area contributed by atoms with Gasteiger partial charge in [0.25, 0.3) is 11.8 Å². The van der Waals surface area contributed by atoms with Gasteiger partial charge in [0, 0.05) is 12.0 Å². The van der Waals surface area contributed by atoms with Gasteiger partial charge in [0.15, 0.2) is 0 Å². The summed E-state index contributed by atoms with van der Waals surface area (Å²) >= 11 is 0. The SMILES string of the molecule is CC(C)Oc1ccc(/C=C(/NC(=O)c2ccccc2)C(=O)N[C@@H](Cc2ccccc2)C(=O)O)cc1. The highest BCUT2D eigenvalue weighted by Crippen LogP contribution is 2.16. The number of rotatable bonds is 10. The van der Waals surface area contributed by atoms with Crippen LogP contribution in [0.5, 0.6) is 5.75 Å². The van der Waals surface area contributed by atoms with Crippen LogP contribution in [0.1, 0.15) is 35.3 Å². The highest BCUT2D eigenvalue weighted by atomic mass is 16.5. The van der Waals surface area contributed by atoms with Gasteiger partial charge in [-0.15, -0.1) is 0 Å². The van der Waals surface area contributed by atoms with Crippen LogP contribution >= 0.6 is 0 Å². The fourth-order valence-electron chi connectivity index (χ4n) is 3.31. The molecular weight excluding hydrogens is 444 g/mol. The highest BCUT2D eigenvalue weighted by Gasteiger charge is 2.23. The van der Waals surface area contributed by atoms with E-state index in [1.807, 2.05) is 19.9 Å². The first-order valence-electron chi connectivity index (χ1n) is 11.2. The molecule has 0 aliphatic carbocycles. The summed E-state index contributed by atoms with van der Waals surface area (Å²) in [5.74, 6) is -1.70. The number of benzene rings is 3. The Morgan fingerprint density at radius 1 is 0.886 bits per heavy atom. The van der Waals surface area contributed by atoms with Crippen LogP contribution in [0, 0.1) is 0 Å². The van der Waals surface area contributed by atoms with Gasteiger partial charge in [-0.1, -0.05) is 60.7 Å². The fraction of sp³-hybridized carbons (Fsp3) is 0.179. The molecule has 0 fully saturated rings. The lowest BCUT2D eigenvalue weighted by atomic mass is 10.1. The molecule has 0 aromatic heterocycles. The molecule has 35 heavy (non-hydrogen) atoms. The summed E-state index contributed by atoms with van der Waals surface area (Å²) in [4.78, 5) is 37.8. The van der Waals surface area contributed by atoms with Gasteiger partial charge in [-0.2, -0.15) is 0 Å². The van der Waals surface area contributed by atoms with Crippen molar-refractivity contribution in [2.75, 3.05) is 0 Å². The lowest BCUT2D eigenvalue weighted by Crippen LogP contribution is -2.45. The summed E-state index contributed by atoms with van der Waals surface area (Å²) in [5.41, 5.74) is 1.69. The number of amides is 2. The first-order valence-corrected chi connectivity index (χ1v) is 11.2. The second-order valence-electron chi connectivity index (χ2n) is 8.17. The maximum atomic E-state index is 13.1. The molecule has 0 aliphatic rings. The molecule has 0 saturated carbocycles. The number of ether oxygens (including phenoxy) is 1. The Morgan fingerprint density at radius 3 is 2.06 bits per heavy atom. The molecule has 3 rings (SSSR count). The van der Waals surface area contributed by atoms with E-state index in [-0.39, 0.29) is 18.2 Å². The van der Waals surface area contributed by atoms with Crippen molar-refractivity contribution >= 4 is 23.9 Å².